The van der Waals surface area contributed by atoms with Gasteiger partial charge in [0.2, 0.25) is 0 Å². The number of carbonyl (C=O) groups excluding carboxylic acids is 2. The van der Waals surface area contributed by atoms with E-state index < -0.39 is 12.3 Å². The number of rotatable bonds is 0. The number of hydrogen-bond donors (Lipinski definition) is 0. The zero-order chi connectivity index (χ0) is 9.52. The molecule has 6 nitrogen and oxygen atoms in total. The van der Waals surface area contributed by atoms with E-state index >= 15 is 0 Å². The minimum absolute atomic E-state index is 0.416. The van der Waals surface area contributed by atoms with Gasteiger partial charge in [-0.15, -0.1) is 0 Å². The second-order valence-electron chi connectivity index (χ2n) is 2.25. The molecular formula is C7H10O6. The van der Waals surface area contributed by atoms with Gasteiger partial charge in [-0.1, -0.05) is 0 Å². The van der Waals surface area contributed by atoms with Gasteiger partial charge in [0.05, 0.1) is 13.2 Å². The quantitative estimate of drug-likeness (QED) is 0.523. The second-order valence-corrected chi connectivity index (χ2v) is 2.25. The van der Waals surface area contributed by atoms with Crippen LogP contribution in [0.5, 0.6) is 0 Å². The van der Waals surface area contributed by atoms with Gasteiger partial charge in [-0.2, -0.15) is 0 Å². The second kappa shape index (κ2) is 5.23. The van der Waals surface area contributed by atoms with Crippen LogP contribution >= 0.6 is 0 Å². The molecule has 0 N–H and O–H groups in total. The largest absolute Gasteiger partial charge is 0.508 e. The smallest absolute Gasteiger partial charge is 0.434 e. The first-order valence-electron chi connectivity index (χ1n) is 3.88. The molecule has 0 bridgehead atoms. The monoisotopic (exact) mass is 190 g/mol. The van der Waals surface area contributed by atoms with Crippen molar-refractivity contribution in [1.82, 2.24) is 0 Å². The van der Waals surface area contributed by atoms with Crippen molar-refractivity contribution < 1.29 is 28.5 Å². The molecule has 0 amide bonds. The maximum Gasteiger partial charge on any atom is 0.508 e. The van der Waals surface area contributed by atoms with Gasteiger partial charge in [0.15, 0.2) is 0 Å². The third kappa shape index (κ3) is 4.19. The van der Waals surface area contributed by atoms with Crippen molar-refractivity contribution in [2.24, 2.45) is 0 Å². The van der Waals surface area contributed by atoms with E-state index in [1.54, 1.807) is 0 Å². The average Bonchev–Trinajstić information content (AvgIpc) is 2.58. The molecule has 0 saturated carbocycles. The van der Waals surface area contributed by atoms with Crippen LogP contribution in [0.15, 0.2) is 0 Å². The van der Waals surface area contributed by atoms with Crippen LogP contribution in [0.3, 0.4) is 0 Å². The Morgan fingerprint density at radius 3 is 1.31 bits per heavy atom. The molecule has 74 valence electrons. The Labute approximate surface area is 74.7 Å². The van der Waals surface area contributed by atoms with E-state index in [1.807, 2.05) is 0 Å². The highest BCUT2D eigenvalue weighted by atomic mass is 16.8. The van der Waals surface area contributed by atoms with E-state index in [0.29, 0.717) is 26.4 Å². The molecule has 0 unspecified atom stereocenters. The Morgan fingerprint density at radius 1 is 0.692 bits per heavy atom. The third-order valence-corrected chi connectivity index (χ3v) is 1.25. The van der Waals surface area contributed by atoms with Gasteiger partial charge < -0.3 is 18.9 Å². The summed E-state index contributed by atoms with van der Waals surface area (Å²) in [5, 5.41) is 0. The van der Waals surface area contributed by atoms with E-state index in [9.17, 15) is 9.59 Å². The van der Waals surface area contributed by atoms with Crippen LogP contribution in [0, 0.1) is 0 Å². The lowest BCUT2D eigenvalue weighted by molar-refractivity contribution is 0.0192. The van der Waals surface area contributed by atoms with E-state index in [0.717, 1.165) is 6.42 Å². The van der Waals surface area contributed by atoms with Crippen molar-refractivity contribution in [3.05, 3.63) is 0 Å². The predicted octanol–water partition coefficient (Wildman–Crippen LogP) is 0.697. The summed E-state index contributed by atoms with van der Waals surface area (Å²) in [6.07, 6.45) is -0.257. The van der Waals surface area contributed by atoms with E-state index in [-0.39, 0.29) is 0 Å². The van der Waals surface area contributed by atoms with Crippen molar-refractivity contribution in [3.63, 3.8) is 0 Å². The van der Waals surface area contributed by atoms with Crippen molar-refractivity contribution >= 4 is 12.3 Å². The number of hydrogen-bond acceptors (Lipinski definition) is 6. The molecule has 0 spiro atoms. The highest BCUT2D eigenvalue weighted by Crippen LogP contribution is 1.95. The lowest BCUT2D eigenvalue weighted by atomic mass is 10.5. The Kier molecular flexibility index (Phi) is 3.87. The fourth-order valence-corrected chi connectivity index (χ4v) is 0.703. The minimum Gasteiger partial charge on any atom is -0.434 e. The van der Waals surface area contributed by atoms with Gasteiger partial charge in [0.1, 0.15) is 13.2 Å². The van der Waals surface area contributed by atoms with Crippen molar-refractivity contribution in [3.8, 4) is 0 Å². The molecular weight excluding hydrogens is 180 g/mol. The molecule has 0 radical (unpaired) electrons. The van der Waals surface area contributed by atoms with Crippen LogP contribution in [-0.2, 0) is 18.9 Å². The lowest BCUT2D eigenvalue weighted by Crippen LogP contribution is -2.16. The molecule has 2 saturated heterocycles. The summed E-state index contributed by atoms with van der Waals surface area (Å²) in [6.45, 7) is 1.86. The Morgan fingerprint density at radius 2 is 1.08 bits per heavy atom. The zero-order valence-electron chi connectivity index (χ0n) is 6.99. The Bertz CT molecular complexity index is 173. The predicted molar refractivity (Wildman–Crippen MR) is 39.2 cm³/mol. The first-order chi connectivity index (χ1) is 6.29. The van der Waals surface area contributed by atoms with Crippen molar-refractivity contribution in [2.75, 3.05) is 26.4 Å². The normalized spacial score (nSPS) is 20.0. The molecule has 0 aromatic carbocycles. The Hall–Kier alpha value is -1.46. The van der Waals surface area contributed by atoms with Gasteiger partial charge in [-0.25, -0.2) is 9.59 Å². The fraction of sp³-hybridized carbons (Fsp3) is 0.714. The first kappa shape index (κ1) is 9.63. The molecule has 13 heavy (non-hydrogen) atoms. The molecule has 0 aromatic heterocycles. The highest BCUT2D eigenvalue weighted by Gasteiger charge is 2.09. The summed E-state index contributed by atoms with van der Waals surface area (Å²) in [5.74, 6) is 0. The average molecular weight is 190 g/mol. The number of carbonyl (C=O) groups is 2. The highest BCUT2D eigenvalue weighted by molar-refractivity contribution is 5.61. The van der Waals surface area contributed by atoms with Crippen molar-refractivity contribution in [2.45, 2.75) is 6.42 Å². The van der Waals surface area contributed by atoms with Crippen LogP contribution in [0.1, 0.15) is 6.42 Å². The van der Waals surface area contributed by atoms with E-state index in [4.69, 9.17) is 0 Å². The molecule has 2 heterocycles. The van der Waals surface area contributed by atoms with Crippen LogP contribution in [-0.4, -0.2) is 38.7 Å². The molecule has 0 aliphatic carbocycles. The lowest BCUT2D eigenvalue weighted by Gasteiger charge is -2.09. The molecule has 2 fully saturated rings. The Balaban J connectivity index is 0.000000132. The summed E-state index contributed by atoms with van der Waals surface area (Å²) >= 11 is 0. The zero-order valence-corrected chi connectivity index (χ0v) is 6.99. The van der Waals surface area contributed by atoms with E-state index in [1.165, 1.54) is 0 Å². The van der Waals surface area contributed by atoms with Crippen LogP contribution in [0.4, 0.5) is 9.59 Å². The van der Waals surface area contributed by atoms with Gasteiger partial charge in [-0.05, 0) is 0 Å². The number of ether oxygens (including phenoxy) is 4. The maximum absolute atomic E-state index is 10.0. The van der Waals surface area contributed by atoms with Crippen molar-refractivity contribution in [1.29, 1.82) is 0 Å². The summed E-state index contributed by atoms with van der Waals surface area (Å²) in [7, 11) is 0. The van der Waals surface area contributed by atoms with Crippen LogP contribution in [0.25, 0.3) is 0 Å². The van der Waals surface area contributed by atoms with Gasteiger partial charge in [0, 0.05) is 6.42 Å². The fourth-order valence-electron chi connectivity index (χ4n) is 0.703. The minimum atomic E-state index is -0.546. The summed E-state index contributed by atoms with van der Waals surface area (Å²) in [4.78, 5) is 19.8. The van der Waals surface area contributed by atoms with Gasteiger partial charge >= 0.3 is 12.3 Å². The SMILES string of the molecule is O=C1OCCCO1.O=C1OCCO1. The van der Waals surface area contributed by atoms with E-state index in [2.05, 4.69) is 18.9 Å². The summed E-state index contributed by atoms with van der Waals surface area (Å²) in [5.41, 5.74) is 0. The van der Waals surface area contributed by atoms with Gasteiger partial charge in [0.25, 0.3) is 0 Å². The molecule has 2 rings (SSSR count). The summed E-state index contributed by atoms with van der Waals surface area (Å²) < 4.78 is 17.4. The maximum atomic E-state index is 10.0. The van der Waals surface area contributed by atoms with Gasteiger partial charge in [-0.3, -0.25) is 0 Å². The summed E-state index contributed by atoms with van der Waals surface area (Å²) in [6, 6.07) is 0. The molecule has 0 aromatic rings. The first-order valence-corrected chi connectivity index (χ1v) is 3.88. The number of cyclic esters (lactones) is 4. The molecule has 6 heteroatoms. The molecule has 0 atom stereocenters. The molecule has 2 aliphatic heterocycles. The molecule has 2 aliphatic rings. The topological polar surface area (TPSA) is 71.1 Å². The van der Waals surface area contributed by atoms with Crippen LogP contribution in [0.2, 0.25) is 0 Å². The van der Waals surface area contributed by atoms with Crippen LogP contribution < -0.4 is 0 Å². The third-order valence-electron chi connectivity index (χ3n) is 1.25. The standard InChI is InChI=1S/C4H6O3.C3H4O3/c5-4-6-2-1-3-7-4;4-3-5-1-2-6-3/h1-3H2;1-2H2.